The SMILES string of the molecule is Cc1cccc2c1N1C(C)CNC[C@H]1C2.Cl. The Morgan fingerprint density at radius 3 is 2.94 bits per heavy atom. The number of fused-ring (bicyclic) bond motifs is 3. The molecular formula is C13H19ClN2. The standard InChI is InChI=1S/C13H18N2.ClH/c1-9-4-3-5-11-6-12-8-14-7-10(2)15(12)13(9)11;/h3-5,10,12,14H,6-8H2,1-2H3;1H/t10?,12-;/m1./s1. The molecule has 1 aromatic rings. The van der Waals surface area contributed by atoms with Crippen LogP contribution in [0.25, 0.3) is 0 Å². The summed E-state index contributed by atoms with van der Waals surface area (Å²) in [6, 6.07) is 8.02. The van der Waals surface area contributed by atoms with Crippen LogP contribution in [0.3, 0.4) is 0 Å². The molecule has 0 spiro atoms. The fraction of sp³-hybridized carbons (Fsp3) is 0.538. The van der Waals surface area contributed by atoms with Gasteiger partial charge in [-0.25, -0.2) is 0 Å². The van der Waals surface area contributed by atoms with E-state index < -0.39 is 0 Å². The maximum absolute atomic E-state index is 3.52. The molecule has 1 saturated heterocycles. The number of piperazine rings is 1. The van der Waals surface area contributed by atoms with E-state index in [4.69, 9.17) is 0 Å². The van der Waals surface area contributed by atoms with Crippen molar-refractivity contribution in [1.29, 1.82) is 0 Å². The minimum absolute atomic E-state index is 0. The quantitative estimate of drug-likeness (QED) is 0.745. The lowest BCUT2D eigenvalue weighted by atomic mass is 10.1. The first-order chi connectivity index (χ1) is 7.27. The van der Waals surface area contributed by atoms with E-state index in [1.165, 1.54) is 23.2 Å². The number of rotatable bonds is 0. The second-order valence-electron chi connectivity index (χ2n) is 4.86. The minimum Gasteiger partial charge on any atom is -0.363 e. The average molecular weight is 239 g/mol. The highest BCUT2D eigenvalue weighted by atomic mass is 35.5. The predicted octanol–water partition coefficient (Wildman–Crippen LogP) is 2.14. The molecule has 1 unspecified atom stereocenters. The third-order valence-corrected chi connectivity index (χ3v) is 3.72. The van der Waals surface area contributed by atoms with Crippen LogP contribution in [0.1, 0.15) is 18.1 Å². The Hall–Kier alpha value is -0.730. The van der Waals surface area contributed by atoms with Crippen molar-refractivity contribution in [2.24, 2.45) is 0 Å². The molecule has 0 amide bonds. The summed E-state index contributed by atoms with van der Waals surface area (Å²) in [5.41, 5.74) is 4.48. The highest BCUT2D eigenvalue weighted by molar-refractivity contribution is 5.85. The lowest BCUT2D eigenvalue weighted by Gasteiger charge is -2.39. The molecule has 0 bridgehead atoms. The molecular weight excluding hydrogens is 220 g/mol. The van der Waals surface area contributed by atoms with Crippen molar-refractivity contribution in [2.75, 3.05) is 18.0 Å². The summed E-state index contributed by atoms with van der Waals surface area (Å²) < 4.78 is 0. The lowest BCUT2D eigenvalue weighted by Crippen LogP contribution is -2.55. The molecule has 16 heavy (non-hydrogen) atoms. The van der Waals surface area contributed by atoms with E-state index in [2.05, 4.69) is 42.3 Å². The first-order valence-corrected chi connectivity index (χ1v) is 5.85. The first-order valence-electron chi connectivity index (χ1n) is 5.85. The van der Waals surface area contributed by atoms with E-state index in [1.807, 2.05) is 0 Å². The van der Waals surface area contributed by atoms with Crippen LogP contribution in [0, 0.1) is 6.92 Å². The smallest absolute Gasteiger partial charge is 0.0459 e. The van der Waals surface area contributed by atoms with Gasteiger partial charge in [-0.1, -0.05) is 18.2 Å². The molecule has 0 radical (unpaired) electrons. The molecule has 0 saturated carbocycles. The third-order valence-electron chi connectivity index (χ3n) is 3.72. The van der Waals surface area contributed by atoms with Crippen LogP contribution < -0.4 is 10.2 Å². The summed E-state index contributed by atoms with van der Waals surface area (Å²) in [6.45, 7) is 6.80. The summed E-state index contributed by atoms with van der Waals surface area (Å²) in [5, 5.41) is 3.52. The van der Waals surface area contributed by atoms with Crippen LogP contribution in [-0.2, 0) is 6.42 Å². The molecule has 0 aromatic heterocycles. The van der Waals surface area contributed by atoms with Crippen LogP contribution >= 0.6 is 12.4 Å². The van der Waals surface area contributed by atoms with Gasteiger partial charge in [-0.3, -0.25) is 0 Å². The number of para-hydroxylation sites is 1. The zero-order valence-electron chi connectivity index (χ0n) is 9.86. The van der Waals surface area contributed by atoms with E-state index in [9.17, 15) is 0 Å². The van der Waals surface area contributed by atoms with E-state index in [1.54, 1.807) is 0 Å². The number of halogens is 1. The van der Waals surface area contributed by atoms with Crippen LogP contribution in [0.4, 0.5) is 5.69 Å². The number of anilines is 1. The first kappa shape index (κ1) is 11.7. The number of benzene rings is 1. The van der Waals surface area contributed by atoms with E-state index in [-0.39, 0.29) is 12.4 Å². The Labute approximate surface area is 103 Å². The molecule has 3 heteroatoms. The number of nitrogens with zero attached hydrogens (tertiary/aromatic N) is 1. The van der Waals surface area contributed by atoms with Gasteiger partial charge in [0.1, 0.15) is 0 Å². The predicted molar refractivity (Wildman–Crippen MR) is 70.7 cm³/mol. The van der Waals surface area contributed by atoms with Crippen LogP contribution in [0.15, 0.2) is 18.2 Å². The van der Waals surface area contributed by atoms with E-state index in [0.717, 1.165) is 13.1 Å². The van der Waals surface area contributed by atoms with Gasteiger partial charge in [0, 0.05) is 30.9 Å². The zero-order chi connectivity index (χ0) is 10.4. The van der Waals surface area contributed by atoms with Crippen molar-refractivity contribution in [2.45, 2.75) is 32.4 Å². The van der Waals surface area contributed by atoms with Crippen molar-refractivity contribution >= 4 is 18.1 Å². The van der Waals surface area contributed by atoms with Gasteiger partial charge < -0.3 is 10.2 Å². The van der Waals surface area contributed by atoms with Crippen LogP contribution in [0.5, 0.6) is 0 Å². The lowest BCUT2D eigenvalue weighted by molar-refractivity contribution is 0.429. The number of hydrogen-bond acceptors (Lipinski definition) is 2. The average Bonchev–Trinajstić information content (AvgIpc) is 2.58. The highest BCUT2D eigenvalue weighted by Gasteiger charge is 2.35. The summed E-state index contributed by atoms with van der Waals surface area (Å²) in [4.78, 5) is 2.63. The van der Waals surface area contributed by atoms with E-state index >= 15 is 0 Å². The minimum atomic E-state index is 0. The van der Waals surface area contributed by atoms with Crippen molar-refractivity contribution < 1.29 is 0 Å². The second-order valence-corrected chi connectivity index (χ2v) is 4.86. The van der Waals surface area contributed by atoms with Gasteiger partial charge in [0.2, 0.25) is 0 Å². The van der Waals surface area contributed by atoms with Crippen LogP contribution in [0.2, 0.25) is 0 Å². The fourth-order valence-electron chi connectivity index (χ4n) is 3.10. The van der Waals surface area contributed by atoms with Crippen molar-refractivity contribution in [3.05, 3.63) is 29.3 Å². The van der Waals surface area contributed by atoms with Gasteiger partial charge >= 0.3 is 0 Å². The topological polar surface area (TPSA) is 15.3 Å². The molecule has 1 aromatic carbocycles. The largest absolute Gasteiger partial charge is 0.363 e. The number of aryl methyl sites for hydroxylation is 1. The molecule has 2 nitrogen and oxygen atoms in total. The van der Waals surface area contributed by atoms with Gasteiger partial charge in [-0.15, -0.1) is 12.4 Å². The Bertz CT molecular complexity index is 392. The monoisotopic (exact) mass is 238 g/mol. The number of hydrogen-bond donors (Lipinski definition) is 1. The van der Waals surface area contributed by atoms with E-state index in [0.29, 0.717) is 12.1 Å². The normalized spacial score (nSPS) is 27.0. The maximum Gasteiger partial charge on any atom is 0.0459 e. The van der Waals surface area contributed by atoms with Gasteiger partial charge in [0.15, 0.2) is 0 Å². The zero-order valence-corrected chi connectivity index (χ0v) is 10.7. The summed E-state index contributed by atoms with van der Waals surface area (Å²) >= 11 is 0. The molecule has 2 heterocycles. The molecule has 3 rings (SSSR count). The van der Waals surface area contributed by atoms with Gasteiger partial charge in [-0.05, 0) is 31.4 Å². The molecule has 88 valence electrons. The Kier molecular flexibility index (Phi) is 3.13. The molecule has 2 aliphatic heterocycles. The van der Waals surface area contributed by atoms with Crippen LogP contribution in [-0.4, -0.2) is 25.2 Å². The molecule has 1 fully saturated rings. The summed E-state index contributed by atoms with van der Waals surface area (Å²) in [5.74, 6) is 0. The Morgan fingerprint density at radius 2 is 2.12 bits per heavy atom. The number of nitrogens with one attached hydrogen (secondary N) is 1. The van der Waals surface area contributed by atoms with Gasteiger partial charge in [-0.2, -0.15) is 0 Å². The van der Waals surface area contributed by atoms with Gasteiger partial charge in [0.25, 0.3) is 0 Å². The highest BCUT2D eigenvalue weighted by Crippen LogP contribution is 2.37. The molecule has 0 aliphatic carbocycles. The van der Waals surface area contributed by atoms with Gasteiger partial charge in [0.05, 0.1) is 0 Å². The molecule has 1 N–H and O–H groups in total. The van der Waals surface area contributed by atoms with Crippen molar-refractivity contribution in [3.63, 3.8) is 0 Å². The third kappa shape index (κ3) is 1.61. The summed E-state index contributed by atoms with van der Waals surface area (Å²) in [7, 11) is 0. The maximum atomic E-state index is 3.52. The fourth-order valence-corrected chi connectivity index (χ4v) is 3.10. The second kappa shape index (κ2) is 4.27. The molecule has 2 atom stereocenters. The molecule has 2 aliphatic rings. The van der Waals surface area contributed by atoms with Crippen molar-refractivity contribution in [1.82, 2.24) is 5.32 Å². The van der Waals surface area contributed by atoms with Crippen molar-refractivity contribution in [3.8, 4) is 0 Å². The summed E-state index contributed by atoms with van der Waals surface area (Å²) in [6.07, 6.45) is 1.22. The Morgan fingerprint density at radius 1 is 1.31 bits per heavy atom. The Balaban J connectivity index is 0.000000963.